The van der Waals surface area contributed by atoms with Gasteiger partial charge in [-0.25, -0.2) is 4.98 Å². The van der Waals surface area contributed by atoms with Gasteiger partial charge in [0.05, 0.1) is 6.20 Å². The molecule has 3 aromatic rings. The van der Waals surface area contributed by atoms with Crippen LogP contribution in [0.3, 0.4) is 0 Å². The summed E-state index contributed by atoms with van der Waals surface area (Å²) in [6.45, 7) is 2.97. The molecule has 0 saturated carbocycles. The summed E-state index contributed by atoms with van der Waals surface area (Å²) in [5.41, 5.74) is 3.22. The van der Waals surface area contributed by atoms with E-state index in [0.717, 1.165) is 23.1 Å². The first-order valence-corrected chi connectivity index (χ1v) is 5.33. The number of hydrogen-bond donors (Lipinski definition) is 1. The molecule has 0 aromatic carbocycles. The number of fused-ring (bicyclic) bond motifs is 1. The van der Waals surface area contributed by atoms with E-state index in [1.807, 2.05) is 35.4 Å². The highest BCUT2D eigenvalue weighted by molar-refractivity contribution is 5.92. The molecule has 0 atom stereocenters. The summed E-state index contributed by atoms with van der Waals surface area (Å²) in [4.78, 5) is 7.38. The van der Waals surface area contributed by atoms with Gasteiger partial charge in [-0.2, -0.15) is 5.10 Å². The molecule has 0 unspecified atom stereocenters. The summed E-state index contributed by atoms with van der Waals surface area (Å²) < 4.78 is 1.92. The van der Waals surface area contributed by atoms with Gasteiger partial charge < -0.3 is 4.98 Å². The van der Waals surface area contributed by atoms with Crippen molar-refractivity contribution in [3.63, 3.8) is 0 Å². The number of nitrogens with one attached hydrogen (secondary N) is 1. The summed E-state index contributed by atoms with van der Waals surface area (Å²) >= 11 is 0. The number of H-pyrrole nitrogens is 1. The van der Waals surface area contributed by atoms with Gasteiger partial charge in [-0.15, -0.1) is 0 Å². The highest BCUT2D eigenvalue weighted by atomic mass is 15.3. The summed E-state index contributed by atoms with van der Waals surface area (Å²) in [6.07, 6.45) is 7.68. The van der Waals surface area contributed by atoms with Crippen LogP contribution in [0, 0.1) is 0 Å². The normalized spacial score (nSPS) is 11.1. The van der Waals surface area contributed by atoms with Gasteiger partial charge in [-0.05, 0) is 24.6 Å². The average Bonchev–Trinajstić information content (AvgIpc) is 2.97. The first-order chi connectivity index (χ1) is 7.88. The van der Waals surface area contributed by atoms with Crippen LogP contribution >= 0.6 is 0 Å². The van der Waals surface area contributed by atoms with Crippen LogP contribution in [0.5, 0.6) is 0 Å². The van der Waals surface area contributed by atoms with Crippen LogP contribution in [-0.4, -0.2) is 19.7 Å². The first-order valence-electron chi connectivity index (χ1n) is 5.33. The first kappa shape index (κ1) is 9.15. The number of hydrogen-bond acceptors (Lipinski definition) is 2. The maximum atomic E-state index is 4.29. The van der Waals surface area contributed by atoms with Crippen LogP contribution in [0.1, 0.15) is 6.92 Å². The molecule has 16 heavy (non-hydrogen) atoms. The van der Waals surface area contributed by atoms with Crippen molar-refractivity contribution in [2.24, 2.45) is 0 Å². The molecule has 0 amide bonds. The molecule has 1 N–H and O–H groups in total. The number of pyridine rings is 1. The van der Waals surface area contributed by atoms with E-state index in [4.69, 9.17) is 0 Å². The molecule has 0 spiro atoms. The molecule has 0 bridgehead atoms. The summed E-state index contributed by atoms with van der Waals surface area (Å²) in [6, 6.07) is 4.06. The van der Waals surface area contributed by atoms with Crippen molar-refractivity contribution in [3.05, 3.63) is 36.9 Å². The van der Waals surface area contributed by atoms with Crippen molar-refractivity contribution < 1.29 is 0 Å². The largest absolute Gasteiger partial charge is 0.346 e. The van der Waals surface area contributed by atoms with Gasteiger partial charge in [0.25, 0.3) is 0 Å². The molecular formula is C12H12N4. The predicted molar refractivity (Wildman–Crippen MR) is 63.0 cm³/mol. The van der Waals surface area contributed by atoms with Crippen molar-refractivity contribution >= 4 is 11.0 Å². The quantitative estimate of drug-likeness (QED) is 0.709. The highest BCUT2D eigenvalue weighted by Gasteiger charge is 2.06. The number of aryl methyl sites for hydroxylation is 1. The van der Waals surface area contributed by atoms with E-state index < -0.39 is 0 Å². The molecule has 0 aliphatic rings. The third-order valence-corrected chi connectivity index (χ3v) is 2.73. The van der Waals surface area contributed by atoms with E-state index in [1.165, 1.54) is 5.56 Å². The van der Waals surface area contributed by atoms with Crippen molar-refractivity contribution in [2.75, 3.05) is 0 Å². The maximum absolute atomic E-state index is 4.29. The SMILES string of the molecule is CCn1cc(-c2ccnc3[nH]ccc23)cn1. The smallest absolute Gasteiger partial charge is 0.137 e. The zero-order valence-corrected chi connectivity index (χ0v) is 9.01. The lowest BCUT2D eigenvalue weighted by atomic mass is 10.1. The highest BCUT2D eigenvalue weighted by Crippen LogP contribution is 2.26. The molecular weight excluding hydrogens is 200 g/mol. The number of aromatic nitrogens is 4. The van der Waals surface area contributed by atoms with E-state index in [9.17, 15) is 0 Å². The van der Waals surface area contributed by atoms with Crippen LogP contribution in [0.2, 0.25) is 0 Å². The van der Waals surface area contributed by atoms with E-state index in [1.54, 1.807) is 0 Å². The molecule has 0 saturated heterocycles. The van der Waals surface area contributed by atoms with E-state index >= 15 is 0 Å². The Morgan fingerprint density at radius 2 is 2.31 bits per heavy atom. The van der Waals surface area contributed by atoms with Crippen LogP contribution in [0.15, 0.2) is 36.9 Å². The third kappa shape index (κ3) is 1.31. The second kappa shape index (κ2) is 3.48. The van der Waals surface area contributed by atoms with Crippen molar-refractivity contribution in [2.45, 2.75) is 13.5 Å². The minimum atomic E-state index is 0.890. The van der Waals surface area contributed by atoms with Crippen LogP contribution < -0.4 is 0 Å². The van der Waals surface area contributed by atoms with Gasteiger partial charge in [0.2, 0.25) is 0 Å². The zero-order chi connectivity index (χ0) is 11.0. The lowest BCUT2D eigenvalue weighted by Crippen LogP contribution is -1.92. The maximum Gasteiger partial charge on any atom is 0.137 e. The van der Waals surface area contributed by atoms with Gasteiger partial charge in [-0.1, -0.05) is 0 Å². The molecule has 3 heterocycles. The molecule has 4 nitrogen and oxygen atoms in total. The lowest BCUT2D eigenvalue weighted by Gasteiger charge is -1.98. The van der Waals surface area contributed by atoms with Gasteiger partial charge in [0.1, 0.15) is 5.65 Å². The summed E-state index contributed by atoms with van der Waals surface area (Å²) in [5, 5.41) is 5.43. The molecule has 3 aromatic heterocycles. The van der Waals surface area contributed by atoms with Gasteiger partial charge in [0.15, 0.2) is 0 Å². The second-order valence-corrected chi connectivity index (χ2v) is 3.68. The topological polar surface area (TPSA) is 46.5 Å². The Labute approximate surface area is 92.9 Å². The Kier molecular flexibility index (Phi) is 1.99. The minimum absolute atomic E-state index is 0.890. The number of aromatic amines is 1. The molecule has 0 aliphatic carbocycles. The molecule has 0 radical (unpaired) electrons. The second-order valence-electron chi connectivity index (χ2n) is 3.68. The van der Waals surface area contributed by atoms with Crippen molar-refractivity contribution in [1.82, 2.24) is 19.7 Å². The Balaban J connectivity index is 2.21. The summed E-state index contributed by atoms with van der Waals surface area (Å²) in [7, 11) is 0. The molecule has 80 valence electrons. The predicted octanol–water partition coefficient (Wildman–Crippen LogP) is 2.45. The average molecular weight is 212 g/mol. The fourth-order valence-corrected chi connectivity index (χ4v) is 1.89. The van der Waals surface area contributed by atoms with Crippen molar-refractivity contribution in [1.29, 1.82) is 0 Å². The zero-order valence-electron chi connectivity index (χ0n) is 9.01. The van der Waals surface area contributed by atoms with E-state index in [2.05, 4.69) is 28.2 Å². The Morgan fingerprint density at radius 3 is 3.12 bits per heavy atom. The molecule has 4 heteroatoms. The fraction of sp³-hybridized carbons (Fsp3) is 0.167. The van der Waals surface area contributed by atoms with Crippen LogP contribution in [0.4, 0.5) is 0 Å². The number of rotatable bonds is 2. The minimum Gasteiger partial charge on any atom is -0.346 e. The molecule has 0 aliphatic heterocycles. The molecule has 0 fully saturated rings. The number of nitrogens with zero attached hydrogens (tertiary/aromatic N) is 3. The fourth-order valence-electron chi connectivity index (χ4n) is 1.89. The Bertz CT molecular complexity index is 621. The monoisotopic (exact) mass is 212 g/mol. The van der Waals surface area contributed by atoms with Gasteiger partial charge in [0, 0.05) is 36.1 Å². The van der Waals surface area contributed by atoms with E-state index in [-0.39, 0.29) is 0 Å². The van der Waals surface area contributed by atoms with E-state index in [0.29, 0.717) is 0 Å². The van der Waals surface area contributed by atoms with Crippen LogP contribution in [0.25, 0.3) is 22.2 Å². The Morgan fingerprint density at radius 1 is 1.38 bits per heavy atom. The van der Waals surface area contributed by atoms with Crippen molar-refractivity contribution in [3.8, 4) is 11.1 Å². The Hall–Kier alpha value is -2.10. The molecule has 3 rings (SSSR count). The van der Waals surface area contributed by atoms with Gasteiger partial charge in [-0.3, -0.25) is 4.68 Å². The van der Waals surface area contributed by atoms with Crippen LogP contribution in [-0.2, 0) is 6.54 Å². The lowest BCUT2D eigenvalue weighted by molar-refractivity contribution is 0.660. The third-order valence-electron chi connectivity index (χ3n) is 2.73. The summed E-state index contributed by atoms with van der Waals surface area (Å²) in [5.74, 6) is 0. The van der Waals surface area contributed by atoms with Gasteiger partial charge >= 0.3 is 0 Å². The standard InChI is InChI=1S/C12H12N4/c1-2-16-8-9(7-15-16)10-3-5-13-12-11(10)4-6-14-12/h3-8H,2H2,1H3,(H,13,14).